The Morgan fingerprint density at radius 3 is 2.44 bits per heavy atom. The van der Waals surface area contributed by atoms with Gasteiger partial charge in [-0.25, -0.2) is 0 Å². The summed E-state index contributed by atoms with van der Waals surface area (Å²) >= 11 is 0. The molecule has 0 amide bonds. The molecule has 0 aliphatic carbocycles. The summed E-state index contributed by atoms with van der Waals surface area (Å²) in [5.41, 5.74) is 0.262. The van der Waals surface area contributed by atoms with Gasteiger partial charge in [-0.3, -0.25) is 4.90 Å². The summed E-state index contributed by atoms with van der Waals surface area (Å²) in [6, 6.07) is 0.559. The fourth-order valence-electron chi connectivity index (χ4n) is 2.83. The largest absolute Gasteiger partial charge is 0.315 e. The summed E-state index contributed by atoms with van der Waals surface area (Å²) in [7, 11) is 2.08. The van der Waals surface area contributed by atoms with Crippen molar-refractivity contribution in [1.82, 2.24) is 10.2 Å². The van der Waals surface area contributed by atoms with Gasteiger partial charge in [-0.15, -0.1) is 6.58 Å². The number of hydrogen-bond donors (Lipinski definition) is 1. The van der Waals surface area contributed by atoms with Crippen molar-refractivity contribution in [3.63, 3.8) is 0 Å². The molecule has 0 aromatic heterocycles. The summed E-state index contributed by atoms with van der Waals surface area (Å²) in [6.45, 7) is 11.1. The fraction of sp³-hybridized carbons (Fsp3) is 0.857. The van der Waals surface area contributed by atoms with E-state index in [-0.39, 0.29) is 5.54 Å². The predicted octanol–water partition coefficient (Wildman–Crippen LogP) is 2.81. The van der Waals surface area contributed by atoms with Gasteiger partial charge in [-0.1, -0.05) is 12.5 Å². The lowest BCUT2D eigenvalue weighted by molar-refractivity contribution is 0.0611. The Hall–Kier alpha value is -0.340. The minimum absolute atomic E-state index is 0.262. The van der Waals surface area contributed by atoms with Crippen molar-refractivity contribution < 1.29 is 0 Å². The van der Waals surface area contributed by atoms with Crippen LogP contribution in [-0.4, -0.2) is 36.6 Å². The van der Waals surface area contributed by atoms with E-state index in [2.05, 4.69) is 37.7 Å². The van der Waals surface area contributed by atoms with E-state index in [9.17, 15) is 0 Å². The standard InChI is InChI=1S/C14H28N2/c1-5-6-10-13(15-4)14(2,3)16-11-8-7-9-12-16/h5,13,15H,1,6-12H2,2-4H3. The Morgan fingerprint density at radius 1 is 1.31 bits per heavy atom. The van der Waals surface area contributed by atoms with E-state index in [4.69, 9.17) is 0 Å². The Balaban J connectivity index is 2.59. The van der Waals surface area contributed by atoms with E-state index >= 15 is 0 Å². The number of likely N-dealkylation sites (tertiary alicyclic amines) is 1. The quantitative estimate of drug-likeness (QED) is 0.698. The third-order valence-corrected chi connectivity index (χ3v) is 4.03. The van der Waals surface area contributed by atoms with E-state index in [0.717, 1.165) is 6.42 Å². The van der Waals surface area contributed by atoms with Crippen molar-refractivity contribution in [2.24, 2.45) is 0 Å². The zero-order valence-electron chi connectivity index (χ0n) is 11.3. The highest BCUT2D eigenvalue weighted by Crippen LogP contribution is 2.25. The van der Waals surface area contributed by atoms with Gasteiger partial charge in [-0.05, 0) is 59.7 Å². The molecular formula is C14H28N2. The molecule has 2 heteroatoms. The Morgan fingerprint density at radius 2 is 1.94 bits per heavy atom. The molecule has 0 radical (unpaired) electrons. The lowest BCUT2D eigenvalue weighted by Gasteiger charge is -2.46. The first-order chi connectivity index (χ1) is 7.62. The molecule has 1 saturated heterocycles. The molecule has 1 aliphatic heterocycles. The van der Waals surface area contributed by atoms with Crippen LogP contribution in [0.15, 0.2) is 12.7 Å². The number of piperidine rings is 1. The third-order valence-electron chi connectivity index (χ3n) is 4.03. The van der Waals surface area contributed by atoms with Gasteiger partial charge in [0.25, 0.3) is 0 Å². The predicted molar refractivity (Wildman–Crippen MR) is 71.8 cm³/mol. The van der Waals surface area contributed by atoms with E-state index in [1.54, 1.807) is 0 Å². The van der Waals surface area contributed by atoms with Crippen molar-refractivity contribution in [3.8, 4) is 0 Å². The Labute approximate surface area is 101 Å². The van der Waals surface area contributed by atoms with Crippen LogP contribution >= 0.6 is 0 Å². The van der Waals surface area contributed by atoms with Crippen LogP contribution in [0.2, 0.25) is 0 Å². The molecule has 1 fully saturated rings. The average Bonchev–Trinajstić information content (AvgIpc) is 2.31. The lowest BCUT2D eigenvalue weighted by atomic mass is 9.87. The van der Waals surface area contributed by atoms with E-state index in [1.165, 1.54) is 38.8 Å². The zero-order chi connectivity index (χ0) is 12.0. The highest BCUT2D eigenvalue weighted by molar-refractivity contribution is 4.94. The second kappa shape index (κ2) is 6.41. The van der Waals surface area contributed by atoms with Gasteiger partial charge in [0, 0.05) is 11.6 Å². The van der Waals surface area contributed by atoms with Crippen molar-refractivity contribution in [2.45, 2.75) is 57.5 Å². The topological polar surface area (TPSA) is 15.3 Å². The van der Waals surface area contributed by atoms with Crippen LogP contribution in [0.4, 0.5) is 0 Å². The van der Waals surface area contributed by atoms with Crippen LogP contribution < -0.4 is 5.32 Å². The maximum absolute atomic E-state index is 3.82. The molecule has 1 heterocycles. The van der Waals surface area contributed by atoms with Crippen LogP contribution in [0.5, 0.6) is 0 Å². The number of likely N-dealkylation sites (N-methyl/N-ethyl adjacent to an activating group) is 1. The Kier molecular flexibility index (Phi) is 5.50. The number of nitrogens with zero attached hydrogens (tertiary/aromatic N) is 1. The molecule has 1 unspecified atom stereocenters. The summed E-state index contributed by atoms with van der Waals surface area (Å²) in [4.78, 5) is 2.65. The zero-order valence-corrected chi connectivity index (χ0v) is 11.3. The van der Waals surface area contributed by atoms with Gasteiger partial charge in [0.15, 0.2) is 0 Å². The first-order valence-corrected chi connectivity index (χ1v) is 6.66. The number of hydrogen-bond acceptors (Lipinski definition) is 2. The molecule has 0 spiro atoms. The van der Waals surface area contributed by atoms with E-state index in [0.29, 0.717) is 6.04 Å². The maximum Gasteiger partial charge on any atom is 0.0306 e. The second-order valence-electron chi connectivity index (χ2n) is 5.41. The van der Waals surface area contributed by atoms with E-state index < -0.39 is 0 Å². The minimum Gasteiger partial charge on any atom is -0.315 e. The number of allylic oxidation sites excluding steroid dienone is 1. The molecule has 2 nitrogen and oxygen atoms in total. The second-order valence-corrected chi connectivity index (χ2v) is 5.41. The molecule has 1 atom stereocenters. The lowest BCUT2D eigenvalue weighted by Crippen LogP contribution is -2.58. The van der Waals surface area contributed by atoms with Crippen LogP contribution in [0.25, 0.3) is 0 Å². The first-order valence-electron chi connectivity index (χ1n) is 6.66. The smallest absolute Gasteiger partial charge is 0.0306 e. The summed E-state index contributed by atoms with van der Waals surface area (Å²) in [5.74, 6) is 0. The Bertz CT molecular complexity index is 205. The third kappa shape index (κ3) is 3.33. The molecular weight excluding hydrogens is 196 g/mol. The molecule has 16 heavy (non-hydrogen) atoms. The van der Waals surface area contributed by atoms with E-state index in [1.807, 2.05) is 6.08 Å². The summed E-state index contributed by atoms with van der Waals surface area (Å²) < 4.78 is 0. The number of nitrogens with one attached hydrogen (secondary N) is 1. The van der Waals surface area contributed by atoms with Crippen molar-refractivity contribution in [3.05, 3.63) is 12.7 Å². The van der Waals surface area contributed by atoms with Crippen molar-refractivity contribution in [2.75, 3.05) is 20.1 Å². The summed E-state index contributed by atoms with van der Waals surface area (Å²) in [6.07, 6.45) is 8.44. The van der Waals surface area contributed by atoms with Crippen LogP contribution in [0.1, 0.15) is 46.0 Å². The number of rotatable bonds is 6. The first kappa shape index (κ1) is 13.7. The molecule has 1 rings (SSSR count). The van der Waals surface area contributed by atoms with Gasteiger partial charge in [-0.2, -0.15) is 0 Å². The fourth-order valence-corrected chi connectivity index (χ4v) is 2.83. The molecule has 0 saturated carbocycles. The monoisotopic (exact) mass is 224 g/mol. The maximum atomic E-state index is 3.82. The van der Waals surface area contributed by atoms with Crippen LogP contribution in [0.3, 0.4) is 0 Å². The van der Waals surface area contributed by atoms with Gasteiger partial charge < -0.3 is 5.32 Å². The molecule has 1 N–H and O–H groups in total. The van der Waals surface area contributed by atoms with Crippen LogP contribution in [0, 0.1) is 0 Å². The molecule has 1 aliphatic rings. The van der Waals surface area contributed by atoms with Gasteiger partial charge in [0.05, 0.1) is 0 Å². The van der Waals surface area contributed by atoms with Crippen molar-refractivity contribution in [1.29, 1.82) is 0 Å². The highest BCUT2D eigenvalue weighted by atomic mass is 15.2. The molecule has 94 valence electrons. The van der Waals surface area contributed by atoms with Gasteiger partial charge >= 0.3 is 0 Å². The average molecular weight is 224 g/mol. The molecule has 0 bridgehead atoms. The normalized spacial score (nSPS) is 20.7. The van der Waals surface area contributed by atoms with Crippen molar-refractivity contribution >= 4 is 0 Å². The van der Waals surface area contributed by atoms with Crippen LogP contribution in [-0.2, 0) is 0 Å². The minimum atomic E-state index is 0.262. The van der Waals surface area contributed by atoms with Gasteiger partial charge in [0.2, 0.25) is 0 Å². The molecule has 0 aromatic carbocycles. The summed E-state index contributed by atoms with van der Waals surface area (Å²) in [5, 5.41) is 3.48. The highest BCUT2D eigenvalue weighted by Gasteiger charge is 2.34. The SMILES string of the molecule is C=CCCC(NC)C(C)(C)N1CCCCC1. The molecule has 0 aromatic rings. The van der Waals surface area contributed by atoms with Gasteiger partial charge in [0.1, 0.15) is 0 Å².